The fourth-order valence-corrected chi connectivity index (χ4v) is 4.99. The summed E-state index contributed by atoms with van der Waals surface area (Å²) in [6, 6.07) is 10.0. The molecule has 6 nitrogen and oxygen atoms in total. The number of nitrogens with one attached hydrogen (secondary N) is 1. The van der Waals surface area contributed by atoms with E-state index < -0.39 is 6.04 Å². The predicted octanol–water partition coefficient (Wildman–Crippen LogP) is 4.70. The maximum Gasteiger partial charge on any atom is 0.280 e. The van der Waals surface area contributed by atoms with Crippen LogP contribution in [0.2, 0.25) is 5.02 Å². The van der Waals surface area contributed by atoms with Crippen molar-refractivity contribution in [2.75, 3.05) is 4.90 Å². The molecule has 1 atom stereocenters. The molecule has 3 aromatic rings. The van der Waals surface area contributed by atoms with E-state index in [9.17, 15) is 9.59 Å². The summed E-state index contributed by atoms with van der Waals surface area (Å²) in [5.41, 5.74) is 0.737. The molecule has 4 rings (SSSR count). The number of hydrogen-bond acceptors (Lipinski definition) is 6. The Bertz CT molecular complexity index is 972. The highest BCUT2D eigenvalue weighted by Gasteiger charge is 2.36. The third kappa shape index (κ3) is 4.49. The van der Waals surface area contributed by atoms with Gasteiger partial charge in [0.15, 0.2) is 11.7 Å². The highest BCUT2D eigenvalue weighted by atomic mass is 35.5. The standard InChI is InChI=1S/C20H19ClN4O2S2/c21-13-5-3-8-15(11-13)25(20(27)16-12-29-24-23-16)18(17-9-4-10-28-17)19(26)22-14-6-1-2-7-14/h3-5,8-12,14,18H,1-2,6-7H2,(H,22,26). The molecule has 0 aliphatic heterocycles. The SMILES string of the molecule is O=C(NC1CCCC1)C(c1cccs1)N(C(=O)c1csnn1)c1cccc(Cl)c1. The number of amides is 2. The molecule has 2 aromatic heterocycles. The second-order valence-corrected chi connectivity index (χ2v) is 8.88. The van der Waals surface area contributed by atoms with Gasteiger partial charge in [-0.2, -0.15) is 0 Å². The Balaban J connectivity index is 1.77. The zero-order valence-electron chi connectivity index (χ0n) is 15.5. The van der Waals surface area contributed by atoms with Crippen molar-refractivity contribution in [1.29, 1.82) is 0 Å². The molecule has 1 aromatic carbocycles. The molecule has 2 amide bonds. The van der Waals surface area contributed by atoms with E-state index in [1.807, 2.05) is 17.5 Å². The van der Waals surface area contributed by atoms with Crippen LogP contribution in [0.25, 0.3) is 0 Å². The summed E-state index contributed by atoms with van der Waals surface area (Å²) in [5.74, 6) is -0.586. The third-order valence-electron chi connectivity index (χ3n) is 4.91. The minimum absolute atomic E-state index is 0.141. The molecule has 0 saturated heterocycles. The number of rotatable bonds is 6. The van der Waals surface area contributed by atoms with E-state index in [2.05, 4.69) is 14.9 Å². The van der Waals surface area contributed by atoms with Gasteiger partial charge in [0.2, 0.25) is 5.91 Å². The lowest BCUT2D eigenvalue weighted by Gasteiger charge is -2.31. The van der Waals surface area contributed by atoms with Crippen LogP contribution >= 0.6 is 34.5 Å². The Kier molecular flexibility index (Phi) is 6.22. The van der Waals surface area contributed by atoms with E-state index in [4.69, 9.17) is 11.6 Å². The molecule has 0 spiro atoms. The monoisotopic (exact) mass is 446 g/mol. The summed E-state index contributed by atoms with van der Waals surface area (Å²) in [4.78, 5) is 29.1. The number of anilines is 1. The molecule has 1 N–H and O–H groups in total. The molecule has 29 heavy (non-hydrogen) atoms. The maximum absolute atomic E-state index is 13.4. The Morgan fingerprint density at radius 1 is 1.21 bits per heavy atom. The lowest BCUT2D eigenvalue weighted by molar-refractivity contribution is -0.123. The minimum atomic E-state index is -0.816. The number of hydrogen-bond donors (Lipinski definition) is 1. The fourth-order valence-electron chi connectivity index (χ4n) is 3.56. The van der Waals surface area contributed by atoms with Crippen molar-refractivity contribution in [1.82, 2.24) is 14.9 Å². The molecule has 1 saturated carbocycles. The molecule has 0 radical (unpaired) electrons. The van der Waals surface area contributed by atoms with Crippen LogP contribution in [0.15, 0.2) is 47.2 Å². The number of carbonyl (C=O) groups excluding carboxylic acids is 2. The van der Waals surface area contributed by atoms with Gasteiger partial charge in [-0.3, -0.25) is 14.5 Å². The molecule has 150 valence electrons. The van der Waals surface area contributed by atoms with Gasteiger partial charge in [-0.1, -0.05) is 41.1 Å². The number of carbonyl (C=O) groups is 2. The van der Waals surface area contributed by atoms with Crippen LogP contribution in [0, 0.1) is 0 Å². The predicted molar refractivity (Wildman–Crippen MR) is 116 cm³/mol. The fraction of sp³-hybridized carbons (Fsp3) is 0.300. The van der Waals surface area contributed by atoms with Crippen molar-refractivity contribution in [2.24, 2.45) is 0 Å². The summed E-state index contributed by atoms with van der Waals surface area (Å²) >= 11 is 8.74. The number of aromatic nitrogens is 2. The minimum Gasteiger partial charge on any atom is -0.351 e. The molecule has 0 bridgehead atoms. The van der Waals surface area contributed by atoms with Crippen LogP contribution in [0.4, 0.5) is 5.69 Å². The second-order valence-electron chi connectivity index (χ2n) is 6.85. The molecular formula is C20H19ClN4O2S2. The van der Waals surface area contributed by atoms with Crippen LogP contribution in [-0.2, 0) is 4.79 Å². The number of halogens is 1. The van der Waals surface area contributed by atoms with Gasteiger partial charge in [0.05, 0.1) is 0 Å². The summed E-state index contributed by atoms with van der Waals surface area (Å²) in [7, 11) is 0. The molecule has 1 aliphatic carbocycles. The van der Waals surface area contributed by atoms with Crippen LogP contribution in [0.1, 0.15) is 47.1 Å². The third-order valence-corrected chi connectivity index (χ3v) is 6.57. The lowest BCUT2D eigenvalue weighted by Crippen LogP contribution is -2.46. The van der Waals surface area contributed by atoms with Crippen LogP contribution in [0.3, 0.4) is 0 Å². The van der Waals surface area contributed by atoms with Gasteiger partial charge in [0, 0.05) is 27.0 Å². The van der Waals surface area contributed by atoms with Crippen molar-refractivity contribution in [2.45, 2.75) is 37.8 Å². The van der Waals surface area contributed by atoms with Crippen molar-refractivity contribution >= 4 is 52.0 Å². The first kappa shape index (κ1) is 20.0. The first-order chi connectivity index (χ1) is 14.1. The van der Waals surface area contributed by atoms with Gasteiger partial charge in [0.1, 0.15) is 0 Å². The Morgan fingerprint density at radius 3 is 2.69 bits per heavy atom. The van der Waals surface area contributed by atoms with E-state index in [0.29, 0.717) is 10.7 Å². The summed E-state index contributed by atoms with van der Waals surface area (Å²) < 4.78 is 3.81. The molecular weight excluding hydrogens is 428 g/mol. The van der Waals surface area contributed by atoms with E-state index in [1.165, 1.54) is 16.2 Å². The van der Waals surface area contributed by atoms with Gasteiger partial charge in [-0.05, 0) is 54.0 Å². The van der Waals surface area contributed by atoms with Gasteiger partial charge in [-0.15, -0.1) is 16.4 Å². The number of nitrogens with zero attached hydrogens (tertiary/aromatic N) is 3. The topological polar surface area (TPSA) is 75.2 Å². The van der Waals surface area contributed by atoms with Crippen molar-refractivity contribution in [3.05, 3.63) is 62.8 Å². The zero-order chi connectivity index (χ0) is 20.2. The first-order valence-corrected chi connectivity index (χ1v) is 11.4. The van der Waals surface area contributed by atoms with Gasteiger partial charge in [-0.25, -0.2) is 0 Å². The molecule has 9 heteroatoms. The van der Waals surface area contributed by atoms with Gasteiger partial charge >= 0.3 is 0 Å². The summed E-state index contributed by atoms with van der Waals surface area (Å²) in [6.45, 7) is 0. The lowest BCUT2D eigenvalue weighted by atomic mass is 10.1. The quantitative estimate of drug-likeness (QED) is 0.595. The van der Waals surface area contributed by atoms with Crippen LogP contribution in [0.5, 0.6) is 0 Å². The van der Waals surface area contributed by atoms with Crippen LogP contribution in [-0.4, -0.2) is 27.4 Å². The van der Waals surface area contributed by atoms with Crippen molar-refractivity contribution in [3.63, 3.8) is 0 Å². The zero-order valence-corrected chi connectivity index (χ0v) is 17.8. The smallest absolute Gasteiger partial charge is 0.280 e. The largest absolute Gasteiger partial charge is 0.351 e. The average Bonchev–Trinajstić information content (AvgIpc) is 3.49. The Labute approximate surface area is 181 Å². The Hall–Kier alpha value is -2.29. The van der Waals surface area contributed by atoms with E-state index in [0.717, 1.165) is 42.1 Å². The van der Waals surface area contributed by atoms with Crippen molar-refractivity contribution in [3.8, 4) is 0 Å². The van der Waals surface area contributed by atoms with Crippen molar-refractivity contribution < 1.29 is 9.59 Å². The number of benzene rings is 1. The molecule has 1 unspecified atom stereocenters. The highest BCUT2D eigenvalue weighted by molar-refractivity contribution is 7.10. The highest BCUT2D eigenvalue weighted by Crippen LogP contribution is 2.33. The van der Waals surface area contributed by atoms with E-state index >= 15 is 0 Å². The molecule has 2 heterocycles. The maximum atomic E-state index is 13.4. The Morgan fingerprint density at radius 2 is 2.03 bits per heavy atom. The average molecular weight is 447 g/mol. The number of thiophene rings is 1. The van der Waals surface area contributed by atoms with E-state index in [1.54, 1.807) is 29.6 Å². The van der Waals surface area contributed by atoms with Gasteiger partial charge in [0.25, 0.3) is 5.91 Å². The van der Waals surface area contributed by atoms with Gasteiger partial charge < -0.3 is 5.32 Å². The second kappa shape index (κ2) is 9.02. The summed E-state index contributed by atoms with van der Waals surface area (Å²) in [5, 5.41) is 11.0. The van der Waals surface area contributed by atoms with Crippen LogP contribution < -0.4 is 10.2 Å². The first-order valence-electron chi connectivity index (χ1n) is 9.33. The molecule has 1 aliphatic rings. The van der Waals surface area contributed by atoms with E-state index in [-0.39, 0.29) is 23.6 Å². The molecule has 1 fully saturated rings. The normalized spacial score (nSPS) is 15.2. The summed E-state index contributed by atoms with van der Waals surface area (Å²) in [6.07, 6.45) is 4.14.